The number of unbranched alkanes of at least 4 members (excludes halogenated alkanes) is 1. The number of aliphatic carboxylic acids is 1. The van der Waals surface area contributed by atoms with Crippen LogP contribution in [-0.2, 0) is 24.0 Å². The first kappa shape index (κ1) is 29.2. The van der Waals surface area contributed by atoms with Crippen LogP contribution < -0.4 is 32.7 Å². The number of carboxylic acids is 1. The van der Waals surface area contributed by atoms with Crippen LogP contribution in [-0.4, -0.2) is 82.7 Å². The first-order valence-electron chi connectivity index (χ1n) is 10.4. The second kappa shape index (κ2) is 14.3. The van der Waals surface area contributed by atoms with E-state index in [1.165, 1.54) is 27.7 Å². The van der Waals surface area contributed by atoms with Crippen LogP contribution in [0.4, 0.5) is 0 Å². The summed E-state index contributed by atoms with van der Waals surface area (Å²) >= 11 is 0. The lowest BCUT2D eigenvalue weighted by Crippen LogP contribution is -2.58. The van der Waals surface area contributed by atoms with Gasteiger partial charge in [-0.15, -0.1) is 0 Å². The predicted molar refractivity (Wildman–Crippen MR) is 115 cm³/mol. The molecule has 4 amide bonds. The number of rotatable bonds is 14. The van der Waals surface area contributed by atoms with Crippen LogP contribution in [0.3, 0.4) is 0 Å². The van der Waals surface area contributed by atoms with E-state index in [4.69, 9.17) is 16.6 Å². The van der Waals surface area contributed by atoms with E-state index >= 15 is 0 Å². The van der Waals surface area contributed by atoms with Crippen LogP contribution in [0.15, 0.2) is 0 Å². The Balaban J connectivity index is 4.98. The number of amides is 4. The van der Waals surface area contributed by atoms with E-state index in [1.54, 1.807) is 0 Å². The van der Waals surface area contributed by atoms with Crippen LogP contribution in [0.1, 0.15) is 47.0 Å². The lowest BCUT2D eigenvalue weighted by molar-refractivity contribution is -0.141. The van der Waals surface area contributed by atoms with Gasteiger partial charge in [0.05, 0.1) is 6.10 Å². The summed E-state index contributed by atoms with van der Waals surface area (Å²) in [4.78, 5) is 59.9. The van der Waals surface area contributed by atoms with Gasteiger partial charge in [0.15, 0.2) is 0 Å². The Morgan fingerprint density at radius 3 is 1.66 bits per heavy atom. The highest BCUT2D eigenvalue weighted by molar-refractivity contribution is 5.95. The van der Waals surface area contributed by atoms with E-state index in [0.29, 0.717) is 19.4 Å². The fourth-order valence-electron chi connectivity index (χ4n) is 2.43. The largest absolute Gasteiger partial charge is 0.480 e. The maximum Gasteiger partial charge on any atom is 0.325 e. The monoisotopic (exact) mass is 460 g/mol. The molecule has 0 radical (unpaired) electrons. The molecule has 32 heavy (non-hydrogen) atoms. The van der Waals surface area contributed by atoms with Gasteiger partial charge in [-0.3, -0.25) is 24.0 Å². The van der Waals surface area contributed by atoms with Gasteiger partial charge in [-0.1, -0.05) is 0 Å². The molecule has 0 aromatic heterocycles. The molecule has 0 saturated heterocycles. The van der Waals surface area contributed by atoms with Crippen molar-refractivity contribution in [1.82, 2.24) is 21.3 Å². The third kappa shape index (κ3) is 10.5. The summed E-state index contributed by atoms with van der Waals surface area (Å²) in [6.07, 6.45) is 0.253. The Kier molecular flexibility index (Phi) is 13.1. The molecule has 13 nitrogen and oxygen atoms in total. The van der Waals surface area contributed by atoms with Gasteiger partial charge in [-0.25, -0.2) is 0 Å². The molecule has 0 bridgehead atoms. The molecule has 0 unspecified atom stereocenters. The topological polar surface area (TPSA) is 226 Å². The van der Waals surface area contributed by atoms with Crippen molar-refractivity contribution in [3.05, 3.63) is 0 Å². The zero-order valence-electron chi connectivity index (χ0n) is 18.9. The van der Waals surface area contributed by atoms with Gasteiger partial charge in [-0.05, 0) is 53.5 Å². The van der Waals surface area contributed by atoms with Gasteiger partial charge in [0, 0.05) is 0 Å². The van der Waals surface area contributed by atoms with E-state index < -0.39 is 65.9 Å². The molecule has 184 valence electrons. The quantitative estimate of drug-likeness (QED) is 0.123. The fraction of sp³-hybridized carbons (Fsp3) is 0.737. The second-order valence-electron chi connectivity index (χ2n) is 7.64. The van der Waals surface area contributed by atoms with E-state index in [2.05, 4.69) is 21.3 Å². The molecule has 0 aromatic rings. The molecule has 0 aliphatic heterocycles. The molecule has 0 saturated carbocycles. The number of nitrogens with one attached hydrogen (secondary N) is 4. The number of nitrogens with two attached hydrogens (primary N) is 2. The molecule has 0 rings (SSSR count). The zero-order chi connectivity index (χ0) is 25.0. The standard InChI is InChI=1S/C19H36N6O7/c1-9(16(28)24-11(3)19(31)32)22-15(27)10(2)23-17(29)13(7-5-6-8-20)25-18(30)14(21)12(4)26/h9-14,26H,5-8,20-21H2,1-4H3,(H,22,27)(H,23,29)(H,24,28)(H,25,30)(H,31,32)/t9-,10-,11-,12+,13-,14-/m0/s1. The molecule has 0 aliphatic carbocycles. The van der Waals surface area contributed by atoms with Gasteiger partial charge in [-0.2, -0.15) is 0 Å². The SMILES string of the molecule is C[C@H](NC(=O)[C@H](C)NC(=O)[C@H](C)NC(=O)[C@H](CCCCN)NC(=O)[C@@H](N)[C@@H](C)O)C(=O)O. The minimum atomic E-state index is -1.23. The van der Waals surface area contributed by atoms with Crippen molar-refractivity contribution in [1.29, 1.82) is 0 Å². The number of aliphatic hydroxyl groups is 1. The molecule has 0 heterocycles. The molecule has 13 heteroatoms. The maximum absolute atomic E-state index is 12.6. The van der Waals surface area contributed by atoms with Crippen LogP contribution in [0, 0.1) is 0 Å². The van der Waals surface area contributed by atoms with Gasteiger partial charge in [0.1, 0.15) is 30.2 Å². The highest BCUT2D eigenvalue weighted by Crippen LogP contribution is 2.03. The Hall–Kier alpha value is -2.77. The van der Waals surface area contributed by atoms with Crippen molar-refractivity contribution in [2.45, 2.75) is 83.3 Å². The van der Waals surface area contributed by atoms with Crippen molar-refractivity contribution in [2.75, 3.05) is 6.54 Å². The van der Waals surface area contributed by atoms with Gasteiger partial charge in [0.25, 0.3) is 0 Å². The highest BCUT2D eigenvalue weighted by Gasteiger charge is 2.28. The number of carboxylic acid groups (broad SMARTS) is 1. The third-order valence-electron chi connectivity index (χ3n) is 4.64. The fourth-order valence-corrected chi connectivity index (χ4v) is 2.43. The second-order valence-corrected chi connectivity index (χ2v) is 7.64. The number of carbonyl (C=O) groups is 5. The predicted octanol–water partition coefficient (Wildman–Crippen LogP) is -3.09. The molecular weight excluding hydrogens is 424 g/mol. The number of hydrogen-bond acceptors (Lipinski definition) is 8. The lowest BCUT2D eigenvalue weighted by Gasteiger charge is -2.24. The van der Waals surface area contributed by atoms with E-state index in [1.807, 2.05) is 0 Å². The average Bonchev–Trinajstić information content (AvgIpc) is 2.71. The summed E-state index contributed by atoms with van der Waals surface area (Å²) in [5.41, 5.74) is 11.1. The summed E-state index contributed by atoms with van der Waals surface area (Å²) in [6, 6.07) is -5.48. The Morgan fingerprint density at radius 1 is 0.750 bits per heavy atom. The minimum Gasteiger partial charge on any atom is -0.480 e. The summed E-state index contributed by atoms with van der Waals surface area (Å²) in [6.45, 7) is 5.77. The highest BCUT2D eigenvalue weighted by atomic mass is 16.4. The molecule has 0 aromatic carbocycles. The van der Waals surface area contributed by atoms with Crippen molar-refractivity contribution in [3.63, 3.8) is 0 Å². The van der Waals surface area contributed by atoms with Gasteiger partial charge in [0.2, 0.25) is 23.6 Å². The maximum atomic E-state index is 12.6. The molecule has 10 N–H and O–H groups in total. The van der Waals surface area contributed by atoms with Crippen LogP contribution in [0.5, 0.6) is 0 Å². The smallest absolute Gasteiger partial charge is 0.325 e. The molecule has 0 fully saturated rings. The van der Waals surface area contributed by atoms with Gasteiger partial charge < -0.3 is 42.9 Å². The molecule has 0 spiro atoms. The summed E-state index contributed by atoms with van der Waals surface area (Å²) in [7, 11) is 0. The van der Waals surface area contributed by atoms with Crippen molar-refractivity contribution < 1.29 is 34.2 Å². The molecule has 0 aliphatic rings. The molecular formula is C19H36N6O7. The van der Waals surface area contributed by atoms with Crippen molar-refractivity contribution >= 4 is 29.6 Å². The van der Waals surface area contributed by atoms with Gasteiger partial charge >= 0.3 is 5.97 Å². The number of carbonyl (C=O) groups excluding carboxylic acids is 4. The van der Waals surface area contributed by atoms with Crippen LogP contribution >= 0.6 is 0 Å². The van der Waals surface area contributed by atoms with Crippen molar-refractivity contribution in [2.24, 2.45) is 11.5 Å². The minimum absolute atomic E-state index is 0.238. The lowest BCUT2D eigenvalue weighted by atomic mass is 10.1. The third-order valence-corrected chi connectivity index (χ3v) is 4.64. The summed E-state index contributed by atoms with van der Waals surface area (Å²) < 4.78 is 0. The summed E-state index contributed by atoms with van der Waals surface area (Å²) in [5, 5.41) is 27.8. The zero-order valence-corrected chi connectivity index (χ0v) is 18.9. The Morgan fingerprint density at radius 2 is 1.22 bits per heavy atom. The first-order chi connectivity index (χ1) is 14.8. The first-order valence-corrected chi connectivity index (χ1v) is 10.4. The van der Waals surface area contributed by atoms with Crippen LogP contribution in [0.25, 0.3) is 0 Å². The average molecular weight is 461 g/mol. The van der Waals surface area contributed by atoms with Crippen LogP contribution in [0.2, 0.25) is 0 Å². The number of aliphatic hydroxyl groups excluding tert-OH is 1. The van der Waals surface area contributed by atoms with Crippen molar-refractivity contribution in [3.8, 4) is 0 Å². The Labute approximate surface area is 187 Å². The molecule has 6 atom stereocenters. The number of hydrogen-bond donors (Lipinski definition) is 8. The van der Waals surface area contributed by atoms with E-state index in [-0.39, 0.29) is 6.42 Å². The van der Waals surface area contributed by atoms with E-state index in [0.717, 1.165) is 0 Å². The summed E-state index contributed by atoms with van der Waals surface area (Å²) in [5.74, 6) is -3.98. The van der Waals surface area contributed by atoms with E-state index in [9.17, 15) is 29.1 Å². The Bertz CT molecular complexity index is 673. The normalized spacial score (nSPS) is 16.5.